The van der Waals surface area contributed by atoms with Gasteiger partial charge in [0.05, 0.1) is 17.6 Å². The molecule has 0 saturated carbocycles. The molecule has 2 heterocycles. The lowest BCUT2D eigenvalue weighted by Crippen LogP contribution is -2.51. The normalized spacial score (nSPS) is 15.0. The second-order valence-corrected chi connectivity index (χ2v) is 10.6. The van der Waals surface area contributed by atoms with Crippen LogP contribution in [0.25, 0.3) is 11.0 Å². The Kier molecular flexibility index (Phi) is 6.72. The zero-order valence-corrected chi connectivity index (χ0v) is 20.4. The van der Waals surface area contributed by atoms with Gasteiger partial charge in [-0.25, -0.2) is 13.4 Å². The summed E-state index contributed by atoms with van der Waals surface area (Å²) in [6.07, 6.45) is 1.09. The second-order valence-electron chi connectivity index (χ2n) is 8.71. The quantitative estimate of drug-likeness (QED) is 0.574. The maximum Gasteiger partial charge on any atom is 0.242 e. The summed E-state index contributed by atoms with van der Waals surface area (Å²) in [6.45, 7) is 6.14. The van der Waals surface area contributed by atoms with E-state index in [4.69, 9.17) is 0 Å². The Morgan fingerprint density at radius 3 is 2.24 bits per heavy atom. The molecular weight excluding hydrogens is 454 g/mol. The number of hydrogen-bond acceptors (Lipinski definition) is 6. The van der Waals surface area contributed by atoms with Gasteiger partial charge in [-0.2, -0.15) is 0 Å². The number of nitrogens with zero attached hydrogens (tertiary/aromatic N) is 4. The highest BCUT2D eigenvalue weighted by atomic mass is 32.2. The molecule has 10 heteroatoms. The van der Waals surface area contributed by atoms with Crippen LogP contribution < -0.4 is 5.32 Å². The van der Waals surface area contributed by atoms with Crippen LogP contribution in [0.4, 0.5) is 5.69 Å². The third-order valence-corrected chi connectivity index (χ3v) is 7.06. The van der Waals surface area contributed by atoms with Gasteiger partial charge in [0.1, 0.15) is 6.54 Å². The van der Waals surface area contributed by atoms with Gasteiger partial charge >= 0.3 is 0 Å². The van der Waals surface area contributed by atoms with Crippen LogP contribution in [-0.4, -0.2) is 78.6 Å². The molecule has 1 aliphatic heterocycles. The predicted molar refractivity (Wildman–Crippen MR) is 130 cm³/mol. The minimum absolute atomic E-state index is 0.0835. The summed E-state index contributed by atoms with van der Waals surface area (Å²) >= 11 is 0. The van der Waals surface area contributed by atoms with Crippen LogP contribution in [-0.2, 0) is 26.0 Å². The van der Waals surface area contributed by atoms with Crippen molar-refractivity contribution in [2.24, 2.45) is 0 Å². The number of carbonyl (C=O) groups is 2. The molecule has 0 atom stereocenters. The highest BCUT2D eigenvalue weighted by molar-refractivity contribution is 7.90. The molecule has 2 amide bonds. The maximum atomic E-state index is 13.0. The number of hydrogen-bond donors (Lipinski definition) is 1. The van der Waals surface area contributed by atoms with Crippen molar-refractivity contribution in [3.63, 3.8) is 0 Å². The lowest BCUT2D eigenvalue weighted by molar-refractivity contribution is -0.133. The van der Waals surface area contributed by atoms with Gasteiger partial charge in [0, 0.05) is 38.1 Å². The fourth-order valence-electron chi connectivity index (χ4n) is 4.27. The van der Waals surface area contributed by atoms with Crippen LogP contribution >= 0.6 is 0 Å². The Hall–Kier alpha value is -3.24. The van der Waals surface area contributed by atoms with E-state index in [-0.39, 0.29) is 30.1 Å². The first-order chi connectivity index (χ1) is 16.1. The van der Waals surface area contributed by atoms with Crippen molar-refractivity contribution in [2.45, 2.75) is 25.5 Å². The number of fused-ring (bicyclic) bond motifs is 1. The van der Waals surface area contributed by atoms with Gasteiger partial charge in [-0.3, -0.25) is 14.5 Å². The van der Waals surface area contributed by atoms with Gasteiger partial charge in [-0.05, 0) is 37.1 Å². The van der Waals surface area contributed by atoms with Crippen LogP contribution in [0.5, 0.6) is 0 Å². The number of sulfone groups is 1. The summed E-state index contributed by atoms with van der Waals surface area (Å²) in [5, 5.41) is 2.89. The van der Waals surface area contributed by atoms with E-state index in [9.17, 15) is 18.0 Å². The molecule has 1 N–H and O–H groups in total. The van der Waals surface area contributed by atoms with Gasteiger partial charge in [0.15, 0.2) is 0 Å². The third-order valence-electron chi connectivity index (χ3n) is 6.08. The number of piperazine rings is 1. The maximum absolute atomic E-state index is 13.0. The molecular formula is C24H29N5O4S. The molecule has 9 nitrogen and oxygen atoms in total. The number of amides is 2. The monoisotopic (exact) mass is 483 g/mol. The Balaban J connectivity index is 1.37. The summed E-state index contributed by atoms with van der Waals surface area (Å²) in [7, 11) is -3.60. The molecule has 2 aromatic carbocycles. The number of rotatable bonds is 6. The number of anilines is 1. The number of para-hydroxylation sites is 3. The summed E-state index contributed by atoms with van der Waals surface area (Å²) in [6, 6.07) is 13.0. The van der Waals surface area contributed by atoms with E-state index in [0.717, 1.165) is 23.1 Å². The summed E-state index contributed by atoms with van der Waals surface area (Å²) in [5.74, 6) is -0.257. The molecule has 4 rings (SSSR count). The molecule has 180 valence electrons. The zero-order valence-electron chi connectivity index (χ0n) is 19.6. The molecule has 0 spiro atoms. The number of carbonyl (C=O) groups excluding carboxylic acids is 2. The zero-order chi connectivity index (χ0) is 24.5. The van der Waals surface area contributed by atoms with Gasteiger partial charge in [0.2, 0.25) is 26.8 Å². The van der Waals surface area contributed by atoms with Gasteiger partial charge in [-0.1, -0.05) is 30.3 Å². The number of aromatic nitrogens is 2. The highest BCUT2D eigenvalue weighted by Crippen LogP contribution is 2.21. The van der Waals surface area contributed by atoms with Gasteiger partial charge in [-0.15, -0.1) is 0 Å². The lowest BCUT2D eigenvalue weighted by Gasteiger charge is -2.34. The smallest absolute Gasteiger partial charge is 0.242 e. The molecule has 0 radical (unpaired) electrons. The van der Waals surface area contributed by atoms with E-state index >= 15 is 0 Å². The van der Waals surface area contributed by atoms with Gasteiger partial charge in [0.25, 0.3) is 0 Å². The van der Waals surface area contributed by atoms with Crippen molar-refractivity contribution >= 4 is 38.4 Å². The lowest BCUT2D eigenvalue weighted by atomic mass is 10.1. The Bertz CT molecular complexity index is 1320. The van der Waals surface area contributed by atoms with Crippen molar-refractivity contribution in [2.75, 3.05) is 44.3 Å². The van der Waals surface area contributed by atoms with E-state index in [1.165, 1.54) is 4.57 Å². The first-order valence-electron chi connectivity index (χ1n) is 11.1. The largest absolute Gasteiger partial charge is 0.339 e. The standard InChI is InChI=1S/C24H29N5O4S/c1-17-7-6-8-18(2)23(17)26-21(30)15-27-11-13-28(14-12-27)22(31)16-29-20-10-5-4-9-19(20)25-24(29)34(3,32)33/h4-10H,11-16H2,1-3H3,(H,26,30). The topological polar surface area (TPSA) is 105 Å². The first kappa shape index (κ1) is 23.9. The summed E-state index contributed by atoms with van der Waals surface area (Å²) in [4.78, 5) is 33.5. The van der Waals surface area contributed by atoms with Crippen molar-refractivity contribution in [3.05, 3.63) is 53.6 Å². The SMILES string of the molecule is Cc1cccc(C)c1NC(=O)CN1CCN(C(=O)Cn2c(S(C)(=O)=O)nc3ccccc32)CC1. The number of imidazole rings is 1. The number of benzene rings is 2. The Morgan fingerprint density at radius 2 is 1.59 bits per heavy atom. The molecule has 1 aliphatic rings. The van der Waals surface area contributed by atoms with E-state index in [2.05, 4.69) is 10.3 Å². The molecule has 0 bridgehead atoms. The average Bonchev–Trinajstić information content (AvgIpc) is 3.16. The predicted octanol–water partition coefficient (Wildman–Crippen LogP) is 1.84. The second kappa shape index (κ2) is 9.55. The van der Waals surface area contributed by atoms with Crippen LogP contribution in [0.15, 0.2) is 47.6 Å². The van der Waals surface area contributed by atoms with Crippen LogP contribution in [0.2, 0.25) is 0 Å². The molecule has 1 aromatic heterocycles. The van der Waals surface area contributed by atoms with Crippen LogP contribution in [0.3, 0.4) is 0 Å². The fraction of sp³-hybridized carbons (Fsp3) is 0.375. The van der Waals surface area contributed by atoms with Crippen molar-refractivity contribution < 1.29 is 18.0 Å². The minimum Gasteiger partial charge on any atom is -0.339 e. The van der Waals surface area contributed by atoms with Crippen LogP contribution in [0, 0.1) is 13.8 Å². The molecule has 1 saturated heterocycles. The number of aryl methyl sites for hydroxylation is 2. The van der Waals surface area contributed by atoms with Crippen molar-refractivity contribution in [1.29, 1.82) is 0 Å². The van der Waals surface area contributed by atoms with E-state index in [1.807, 2.05) is 36.9 Å². The number of nitrogens with one attached hydrogen (secondary N) is 1. The molecule has 0 aliphatic carbocycles. The van der Waals surface area contributed by atoms with E-state index in [0.29, 0.717) is 37.2 Å². The molecule has 1 fully saturated rings. The van der Waals surface area contributed by atoms with E-state index in [1.54, 1.807) is 29.2 Å². The molecule has 34 heavy (non-hydrogen) atoms. The third kappa shape index (κ3) is 5.13. The minimum atomic E-state index is -3.60. The first-order valence-corrected chi connectivity index (χ1v) is 13.0. The van der Waals surface area contributed by atoms with E-state index < -0.39 is 9.84 Å². The van der Waals surface area contributed by atoms with Crippen molar-refractivity contribution in [3.8, 4) is 0 Å². The molecule has 0 unspecified atom stereocenters. The van der Waals surface area contributed by atoms with Crippen LogP contribution in [0.1, 0.15) is 11.1 Å². The average molecular weight is 484 g/mol. The van der Waals surface area contributed by atoms with Gasteiger partial charge < -0.3 is 14.8 Å². The summed E-state index contributed by atoms with van der Waals surface area (Å²) in [5.41, 5.74) is 4.03. The fourth-order valence-corrected chi connectivity index (χ4v) is 5.10. The molecule has 3 aromatic rings. The van der Waals surface area contributed by atoms with Crippen molar-refractivity contribution in [1.82, 2.24) is 19.4 Å². The Morgan fingerprint density at radius 1 is 0.941 bits per heavy atom. The summed E-state index contributed by atoms with van der Waals surface area (Å²) < 4.78 is 26.0. The Labute approximate surface area is 199 Å². The highest BCUT2D eigenvalue weighted by Gasteiger charge is 2.26.